The average Bonchev–Trinajstić information content (AvgIpc) is 2.91. The predicted octanol–water partition coefficient (Wildman–Crippen LogP) is 2.04. The van der Waals surface area contributed by atoms with Crippen molar-refractivity contribution in [2.75, 3.05) is 5.73 Å². The highest BCUT2D eigenvalue weighted by Gasteiger charge is 2.07. The number of nitrogens with zero attached hydrogens (tertiary/aromatic N) is 4. The average molecular weight is 253 g/mol. The number of ether oxygens (including phenoxy) is 1. The first kappa shape index (κ1) is 11.2. The van der Waals surface area contributed by atoms with Crippen molar-refractivity contribution in [2.45, 2.75) is 0 Å². The largest absolute Gasteiger partial charge is 0.421 e. The summed E-state index contributed by atoms with van der Waals surface area (Å²) in [6, 6.07) is 11.6. The number of nitrogen functional groups attached to an aromatic ring is 1. The van der Waals surface area contributed by atoms with Crippen LogP contribution >= 0.6 is 0 Å². The fourth-order valence-electron chi connectivity index (χ4n) is 1.58. The lowest BCUT2D eigenvalue weighted by molar-refractivity contribution is 0.443. The van der Waals surface area contributed by atoms with Crippen LogP contribution in [0.1, 0.15) is 0 Å². The Balaban J connectivity index is 1.85. The zero-order valence-electron chi connectivity index (χ0n) is 9.97. The number of aromatic nitrogens is 4. The molecule has 1 aromatic carbocycles. The number of nitrogens with two attached hydrogens (primary N) is 1. The molecule has 0 spiro atoms. The van der Waals surface area contributed by atoms with Gasteiger partial charge in [-0.1, -0.05) is 18.2 Å². The van der Waals surface area contributed by atoms with Crippen LogP contribution in [0.2, 0.25) is 0 Å². The number of anilines is 1. The maximum Gasteiger partial charge on any atom is 0.341 e. The molecule has 94 valence electrons. The summed E-state index contributed by atoms with van der Waals surface area (Å²) in [5, 5.41) is 4.22. The second kappa shape index (κ2) is 4.77. The molecule has 2 heterocycles. The summed E-state index contributed by atoms with van der Waals surface area (Å²) < 4.78 is 7.13. The zero-order valence-corrected chi connectivity index (χ0v) is 9.97. The van der Waals surface area contributed by atoms with E-state index in [1.165, 1.54) is 6.20 Å². The fourth-order valence-corrected chi connectivity index (χ4v) is 1.58. The number of pyridine rings is 1. The van der Waals surface area contributed by atoms with Crippen molar-refractivity contribution in [1.29, 1.82) is 0 Å². The van der Waals surface area contributed by atoms with Crippen LogP contribution in [-0.2, 0) is 0 Å². The van der Waals surface area contributed by atoms with E-state index in [1.54, 1.807) is 23.3 Å². The van der Waals surface area contributed by atoms with Crippen molar-refractivity contribution in [1.82, 2.24) is 19.7 Å². The first-order chi connectivity index (χ1) is 9.33. The standard InChI is InChI=1S/C13H11N5O/c14-11-8-15-7-6-12(11)19-13-16-9-18(17-13)10-4-2-1-3-5-10/h1-9H,14H2. The molecule has 0 aliphatic heterocycles. The van der Waals surface area contributed by atoms with Gasteiger partial charge in [-0.3, -0.25) is 4.98 Å². The summed E-state index contributed by atoms with van der Waals surface area (Å²) in [6.45, 7) is 0. The minimum absolute atomic E-state index is 0.238. The monoisotopic (exact) mass is 253 g/mol. The molecule has 0 saturated heterocycles. The third kappa shape index (κ3) is 2.37. The second-order valence-electron chi connectivity index (χ2n) is 3.82. The van der Waals surface area contributed by atoms with Crippen LogP contribution in [0.5, 0.6) is 11.8 Å². The molecule has 19 heavy (non-hydrogen) atoms. The summed E-state index contributed by atoms with van der Waals surface area (Å²) in [5.41, 5.74) is 7.09. The lowest BCUT2D eigenvalue weighted by atomic mass is 10.3. The molecule has 0 saturated carbocycles. The topological polar surface area (TPSA) is 78.9 Å². The Morgan fingerprint density at radius 1 is 1.11 bits per heavy atom. The molecular weight excluding hydrogens is 242 g/mol. The molecule has 0 aliphatic rings. The zero-order chi connectivity index (χ0) is 13.1. The summed E-state index contributed by atoms with van der Waals surface area (Å²) in [6.07, 6.45) is 4.70. The summed E-state index contributed by atoms with van der Waals surface area (Å²) in [4.78, 5) is 7.97. The molecule has 3 rings (SSSR count). The Hall–Kier alpha value is -2.89. The smallest absolute Gasteiger partial charge is 0.341 e. The van der Waals surface area contributed by atoms with E-state index in [2.05, 4.69) is 15.1 Å². The number of hydrogen-bond donors (Lipinski definition) is 1. The van der Waals surface area contributed by atoms with Gasteiger partial charge < -0.3 is 10.5 Å². The van der Waals surface area contributed by atoms with Crippen molar-refractivity contribution in [3.05, 3.63) is 55.1 Å². The van der Waals surface area contributed by atoms with Gasteiger partial charge in [-0.2, -0.15) is 4.98 Å². The van der Waals surface area contributed by atoms with Crippen molar-refractivity contribution in [3.63, 3.8) is 0 Å². The number of rotatable bonds is 3. The molecule has 0 amide bonds. The molecule has 0 bridgehead atoms. The number of hydrogen-bond acceptors (Lipinski definition) is 5. The van der Waals surface area contributed by atoms with E-state index in [0.717, 1.165) is 5.69 Å². The van der Waals surface area contributed by atoms with E-state index in [-0.39, 0.29) is 6.01 Å². The van der Waals surface area contributed by atoms with Crippen molar-refractivity contribution in [2.24, 2.45) is 0 Å². The van der Waals surface area contributed by atoms with Gasteiger partial charge in [0.05, 0.1) is 17.6 Å². The lowest BCUT2D eigenvalue weighted by Gasteiger charge is -2.03. The van der Waals surface area contributed by atoms with Crippen LogP contribution in [0.25, 0.3) is 5.69 Å². The molecule has 0 aliphatic carbocycles. The van der Waals surface area contributed by atoms with Gasteiger partial charge >= 0.3 is 6.01 Å². The Labute approximate surface area is 109 Å². The Morgan fingerprint density at radius 3 is 2.74 bits per heavy atom. The van der Waals surface area contributed by atoms with Gasteiger partial charge in [0.25, 0.3) is 0 Å². The quantitative estimate of drug-likeness (QED) is 0.772. The predicted molar refractivity (Wildman–Crippen MR) is 70.1 cm³/mol. The highest BCUT2D eigenvalue weighted by atomic mass is 16.5. The minimum atomic E-state index is 0.238. The number of benzene rings is 1. The van der Waals surface area contributed by atoms with Gasteiger partial charge in [0, 0.05) is 12.3 Å². The minimum Gasteiger partial charge on any atom is -0.421 e. The molecule has 2 aromatic heterocycles. The molecule has 0 fully saturated rings. The third-order valence-electron chi connectivity index (χ3n) is 2.50. The number of para-hydroxylation sites is 1. The van der Waals surface area contributed by atoms with Gasteiger partial charge in [0.15, 0.2) is 5.75 Å². The highest BCUT2D eigenvalue weighted by molar-refractivity contribution is 5.50. The molecule has 0 radical (unpaired) electrons. The fraction of sp³-hybridized carbons (Fsp3) is 0. The third-order valence-corrected chi connectivity index (χ3v) is 2.50. The van der Waals surface area contributed by atoms with Gasteiger partial charge in [-0.25, -0.2) is 4.68 Å². The van der Waals surface area contributed by atoms with E-state index in [4.69, 9.17) is 10.5 Å². The van der Waals surface area contributed by atoms with E-state index in [1.807, 2.05) is 30.3 Å². The van der Waals surface area contributed by atoms with Crippen LogP contribution in [0.15, 0.2) is 55.1 Å². The maximum absolute atomic E-state index is 5.74. The second-order valence-corrected chi connectivity index (χ2v) is 3.82. The maximum atomic E-state index is 5.74. The molecular formula is C13H11N5O. The van der Waals surface area contributed by atoms with Crippen molar-refractivity contribution in [3.8, 4) is 17.4 Å². The Kier molecular flexibility index (Phi) is 2.82. The molecule has 0 atom stereocenters. The first-order valence-electron chi connectivity index (χ1n) is 5.67. The first-order valence-corrected chi connectivity index (χ1v) is 5.67. The van der Waals surface area contributed by atoms with E-state index >= 15 is 0 Å². The normalized spacial score (nSPS) is 10.3. The molecule has 3 aromatic rings. The van der Waals surface area contributed by atoms with Gasteiger partial charge in [0.1, 0.15) is 6.33 Å². The van der Waals surface area contributed by atoms with Gasteiger partial charge in [0.2, 0.25) is 0 Å². The molecule has 0 unspecified atom stereocenters. The van der Waals surface area contributed by atoms with Crippen LogP contribution in [0.3, 0.4) is 0 Å². The van der Waals surface area contributed by atoms with E-state index in [0.29, 0.717) is 11.4 Å². The molecule has 6 nitrogen and oxygen atoms in total. The summed E-state index contributed by atoms with van der Waals surface area (Å²) in [7, 11) is 0. The van der Waals surface area contributed by atoms with Gasteiger partial charge in [-0.15, -0.1) is 5.10 Å². The lowest BCUT2D eigenvalue weighted by Crippen LogP contribution is -1.96. The molecule has 2 N–H and O–H groups in total. The molecule has 6 heteroatoms. The highest BCUT2D eigenvalue weighted by Crippen LogP contribution is 2.23. The van der Waals surface area contributed by atoms with Crippen LogP contribution in [0.4, 0.5) is 5.69 Å². The van der Waals surface area contributed by atoms with E-state index < -0.39 is 0 Å². The van der Waals surface area contributed by atoms with Crippen molar-refractivity contribution < 1.29 is 4.74 Å². The SMILES string of the molecule is Nc1cnccc1Oc1ncn(-c2ccccc2)n1. The van der Waals surface area contributed by atoms with Crippen LogP contribution in [-0.4, -0.2) is 19.7 Å². The Bertz CT molecular complexity index is 680. The van der Waals surface area contributed by atoms with Crippen LogP contribution in [0, 0.1) is 0 Å². The van der Waals surface area contributed by atoms with Crippen molar-refractivity contribution >= 4 is 5.69 Å². The van der Waals surface area contributed by atoms with E-state index in [9.17, 15) is 0 Å². The van der Waals surface area contributed by atoms with Gasteiger partial charge in [-0.05, 0) is 12.1 Å². The van der Waals surface area contributed by atoms with Crippen LogP contribution < -0.4 is 10.5 Å². The summed E-state index contributed by atoms with van der Waals surface area (Å²) >= 11 is 0. The Morgan fingerprint density at radius 2 is 1.95 bits per heavy atom. The summed E-state index contributed by atoms with van der Waals surface area (Å²) in [5.74, 6) is 0.487.